The Hall–Kier alpha value is -0.820. The van der Waals surface area contributed by atoms with Crippen LogP contribution in [0.2, 0.25) is 0 Å². The molecule has 24 heavy (non-hydrogen) atoms. The molecule has 3 aliphatic rings. The van der Waals surface area contributed by atoms with Crippen LogP contribution in [0.15, 0.2) is 18.5 Å². The van der Waals surface area contributed by atoms with E-state index in [0.717, 1.165) is 58.2 Å². The molecule has 1 saturated carbocycles. The predicted octanol–water partition coefficient (Wildman–Crippen LogP) is 1.11. The zero-order valence-electron chi connectivity index (χ0n) is 13.9. The van der Waals surface area contributed by atoms with Crippen molar-refractivity contribution in [3.05, 3.63) is 18.5 Å². The normalized spacial score (nSPS) is 23.9. The molecule has 0 aromatic carbocycles. The Kier molecular flexibility index (Phi) is 6.53. The summed E-state index contributed by atoms with van der Waals surface area (Å²) in [4.78, 5) is 17.9. The lowest BCUT2D eigenvalue weighted by molar-refractivity contribution is -0.145. The molecular weight excluding hydrogens is 349 g/mol. The molecule has 4 rings (SSSR count). The third-order valence-electron chi connectivity index (χ3n) is 5.44. The van der Waals surface area contributed by atoms with Crippen LogP contribution < -0.4 is 5.32 Å². The van der Waals surface area contributed by atoms with Crippen molar-refractivity contribution < 1.29 is 4.79 Å². The lowest BCUT2D eigenvalue weighted by atomic mass is 9.86. The van der Waals surface area contributed by atoms with Crippen molar-refractivity contribution in [3.8, 4) is 0 Å². The van der Waals surface area contributed by atoms with Crippen molar-refractivity contribution in [2.24, 2.45) is 0 Å². The second-order valence-electron chi connectivity index (χ2n) is 6.79. The summed E-state index contributed by atoms with van der Waals surface area (Å²) in [5, 5.41) is 7.78. The zero-order valence-corrected chi connectivity index (χ0v) is 15.5. The van der Waals surface area contributed by atoms with E-state index < -0.39 is 5.54 Å². The summed E-state index contributed by atoms with van der Waals surface area (Å²) in [5.41, 5.74) is -0.476. The van der Waals surface area contributed by atoms with Crippen LogP contribution in [0.1, 0.15) is 25.7 Å². The van der Waals surface area contributed by atoms with Gasteiger partial charge in [0.25, 0.3) is 5.91 Å². The van der Waals surface area contributed by atoms with Gasteiger partial charge in [-0.25, -0.2) is 0 Å². The van der Waals surface area contributed by atoms with Crippen LogP contribution in [-0.4, -0.2) is 70.8 Å². The lowest BCUT2D eigenvalue weighted by Gasteiger charge is -2.43. The second-order valence-corrected chi connectivity index (χ2v) is 6.79. The first-order chi connectivity index (χ1) is 10.8. The molecule has 2 aliphatic heterocycles. The Labute approximate surface area is 155 Å². The predicted molar refractivity (Wildman–Crippen MR) is 98.0 cm³/mol. The van der Waals surface area contributed by atoms with Crippen molar-refractivity contribution in [1.29, 1.82) is 0 Å². The van der Waals surface area contributed by atoms with Crippen molar-refractivity contribution >= 4 is 30.7 Å². The monoisotopic (exact) mass is 375 g/mol. The van der Waals surface area contributed by atoms with E-state index >= 15 is 0 Å². The summed E-state index contributed by atoms with van der Waals surface area (Å²) < 4.78 is 1.91. The molecular formula is C16H27Cl2N5O. The van der Waals surface area contributed by atoms with E-state index in [-0.39, 0.29) is 30.7 Å². The number of nitrogens with zero attached hydrogens (tertiary/aromatic N) is 4. The Morgan fingerprint density at radius 2 is 1.75 bits per heavy atom. The van der Waals surface area contributed by atoms with Gasteiger partial charge in [0.1, 0.15) is 5.54 Å². The molecule has 3 heterocycles. The van der Waals surface area contributed by atoms with Gasteiger partial charge in [-0.05, 0) is 44.8 Å². The van der Waals surface area contributed by atoms with Gasteiger partial charge in [-0.1, -0.05) is 0 Å². The van der Waals surface area contributed by atoms with E-state index in [2.05, 4.69) is 20.2 Å². The van der Waals surface area contributed by atoms with Gasteiger partial charge in [-0.3, -0.25) is 14.4 Å². The van der Waals surface area contributed by atoms with Gasteiger partial charge in [0, 0.05) is 44.6 Å². The summed E-state index contributed by atoms with van der Waals surface area (Å²) in [5.74, 6) is 0.271. The van der Waals surface area contributed by atoms with E-state index in [0.29, 0.717) is 0 Å². The Bertz CT molecular complexity index is 521. The van der Waals surface area contributed by atoms with E-state index in [1.165, 1.54) is 12.8 Å². The van der Waals surface area contributed by atoms with E-state index in [1.807, 2.05) is 16.9 Å². The number of amides is 1. The van der Waals surface area contributed by atoms with Crippen LogP contribution in [0.25, 0.3) is 0 Å². The molecule has 1 aromatic heterocycles. The highest BCUT2D eigenvalue weighted by atomic mass is 35.5. The molecule has 0 bridgehead atoms. The Morgan fingerprint density at radius 1 is 1.08 bits per heavy atom. The first-order valence-electron chi connectivity index (χ1n) is 8.54. The van der Waals surface area contributed by atoms with Crippen LogP contribution in [0.5, 0.6) is 0 Å². The highest BCUT2D eigenvalue weighted by Crippen LogP contribution is 2.31. The highest BCUT2D eigenvalue weighted by molar-refractivity contribution is 5.86. The Balaban J connectivity index is 0.00000104. The molecule has 8 heteroatoms. The minimum absolute atomic E-state index is 0. The van der Waals surface area contributed by atoms with Crippen molar-refractivity contribution in [3.63, 3.8) is 0 Å². The maximum Gasteiger partial charge on any atom is 0.250 e. The molecule has 0 atom stereocenters. The highest BCUT2D eigenvalue weighted by Gasteiger charge is 2.45. The average molecular weight is 376 g/mol. The SMILES string of the molecule is Cl.Cl.O=C(N1CCN(C2CC2)CC1)C1(n2cccn2)CCNCC1. The fraction of sp³-hybridized carbons (Fsp3) is 0.750. The number of carbonyl (C=O) groups excluding carboxylic acids is 1. The number of nitrogens with one attached hydrogen (secondary N) is 1. The minimum Gasteiger partial charge on any atom is -0.338 e. The molecule has 0 unspecified atom stereocenters. The molecule has 1 aliphatic carbocycles. The fourth-order valence-electron chi connectivity index (χ4n) is 3.93. The molecule has 0 radical (unpaired) electrons. The smallest absolute Gasteiger partial charge is 0.250 e. The fourth-order valence-corrected chi connectivity index (χ4v) is 3.93. The van der Waals surface area contributed by atoms with Gasteiger partial charge in [0.2, 0.25) is 0 Å². The van der Waals surface area contributed by atoms with Crippen molar-refractivity contribution in [1.82, 2.24) is 24.9 Å². The third kappa shape index (κ3) is 3.57. The van der Waals surface area contributed by atoms with Gasteiger partial charge in [-0.2, -0.15) is 5.10 Å². The van der Waals surface area contributed by atoms with Crippen LogP contribution in [-0.2, 0) is 10.3 Å². The van der Waals surface area contributed by atoms with Crippen LogP contribution >= 0.6 is 24.8 Å². The van der Waals surface area contributed by atoms with E-state index in [9.17, 15) is 4.79 Å². The topological polar surface area (TPSA) is 53.4 Å². The lowest BCUT2D eigenvalue weighted by Crippen LogP contribution is -2.59. The minimum atomic E-state index is -0.476. The van der Waals surface area contributed by atoms with Gasteiger partial charge in [0.15, 0.2) is 0 Å². The summed E-state index contributed by atoms with van der Waals surface area (Å²) in [6, 6.07) is 2.72. The van der Waals surface area contributed by atoms with Crippen molar-refractivity contribution in [2.75, 3.05) is 39.3 Å². The first kappa shape index (κ1) is 19.5. The van der Waals surface area contributed by atoms with E-state index in [1.54, 1.807) is 6.20 Å². The molecule has 1 aromatic rings. The molecule has 2 saturated heterocycles. The summed E-state index contributed by atoms with van der Waals surface area (Å²) in [6.07, 6.45) is 8.08. The molecule has 1 N–H and O–H groups in total. The third-order valence-corrected chi connectivity index (χ3v) is 5.44. The van der Waals surface area contributed by atoms with Gasteiger partial charge < -0.3 is 10.2 Å². The maximum absolute atomic E-state index is 13.3. The number of piperidine rings is 1. The van der Waals surface area contributed by atoms with Gasteiger partial charge in [-0.15, -0.1) is 24.8 Å². The maximum atomic E-state index is 13.3. The van der Waals surface area contributed by atoms with Crippen LogP contribution in [0.3, 0.4) is 0 Å². The van der Waals surface area contributed by atoms with Gasteiger partial charge >= 0.3 is 0 Å². The van der Waals surface area contributed by atoms with Crippen LogP contribution in [0, 0.1) is 0 Å². The average Bonchev–Trinajstić information content (AvgIpc) is 3.28. The summed E-state index contributed by atoms with van der Waals surface area (Å²) >= 11 is 0. The summed E-state index contributed by atoms with van der Waals surface area (Å²) in [7, 11) is 0. The second kappa shape index (κ2) is 8.04. The van der Waals surface area contributed by atoms with E-state index in [4.69, 9.17) is 0 Å². The van der Waals surface area contributed by atoms with Gasteiger partial charge in [0.05, 0.1) is 0 Å². The van der Waals surface area contributed by atoms with Crippen molar-refractivity contribution in [2.45, 2.75) is 37.3 Å². The van der Waals surface area contributed by atoms with Crippen LogP contribution in [0.4, 0.5) is 0 Å². The molecule has 0 spiro atoms. The number of carbonyl (C=O) groups is 1. The number of piperazine rings is 1. The molecule has 6 nitrogen and oxygen atoms in total. The number of aromatic nitrogens is 2. The quantitative estimate of drug-likeness (QED) is 0.859. The number of rotatable bonds is 3. The number of halogens is 2. The zero-order chi connectivity index (χ0) is 15.0. The summed E-state index contributed by atoms with van der Waals surface area (Å²) in [6.45, 7) is 5.56. The standard InChI is InChI=1S/C16H25N5O.2ClH/c22-15(20-12-10-19(11-13-20)14-2-3-14)16(4-7-17-8-5-16)21-9-1-6-18-21;;/h1,6,9,14,17H,2-5,7-8,10-13H2;2*1H. The number of hydrogen-bond donors (Lipinski definition) is 1. The number of hydrogen-bond acceptors (Lipinski definition) is 4. The largest absolute Gasteiger partial charge is 0.338 e. The molecule has 1 amide bonds. The molecule has 136 valence electrons. The molecule has 3 fully saturated rings. The Morgan fingerprint density at radius 3 is 2.29 bits per heavy atom. The first-order valence-corrected chi connectivity index (χ1v) is 8.54.